The lowest BCUT2D eigenvalue weighted by molar-refractivity contribution is 0.175. The van der Waals surface area contributed by atoms with Crippen molar-refractivity contribution in [2.45, 2.75) is 113 Å². The topological polar surface area (TPSA) is 9.23 Å². The van der Waals surface area contributed by atoms with Crippen molar-refractivity contribution < 1.29 is 4.43 Å². The molecule has 0 spiro atoms. The first-order valence-electron chi connectivity index (χ1n) is 12.0. The van der Waals surface area contributed by atoms with Gasteiger partial charge in [-0.15, -0.1) is 0 Å². The molecule has 0 saturated heterocycles. The minimum absolute atomic E-state index is 0.277. The molecule has 0 heterocycles. The third kappa shape index (κ3) is 7.31. The fourth-order valence-corrected chi connectivity index (χ4v) is 5.49. The fraction of sp³-hybridized carbons (Fsp3) is 0.923. The molecule has 0 aromatic rings. The van der Waals surface area contributed by atoms with E-state index >= 15 is 0 Å². The van der Waals surface area contributed by atoms with E-state index in [1.807, 2.05) is 0 Å². The van der Waals surface area contributed by atoms with Gasteiger partial charge in [0.2, 0.25) is 0 Å². The zero-order valence-electron chi connectivity index (χ0n) is 21.2. The molecule has 1 saturated carbocycles. The van der Waals surface area contributed by atoms with Crippen LogP contribution in [0.1, 0.15) is 94.4 Å². The maximum absolute atomic E-state index is 6.44. The van der Waals surface area contributed by atoms with Crippen LogP contribution in [0.25, 0.3) is 0 Å². The summed E-state index contributed by atoms with van der Waals surface area (Å²) in [5, 5.41) is 0.303. The molecule has 4 atom stereocenters. The van der Waals surface area contributed by atoms with Crippen LogP contribution in [-0.2, 0) is 4.43 Å². The normalized spacial score (nSPS) is 27.0. The van der Waals surface area contributed by atoms with Gasteiger partial charge in [-0.2, -0.15) is 0 Å². The van der Waals surface area contributed by atoms with E-state index in [0.29, 0.717) is 11.0 Å². The highest BCUT2D eigenvalue weighted by Gasteiger charge is 2.37. The second kappa shape index (κ2) is 10.3. The molecular formula is C26H52OSi. The van der Waals surface area contributed by atoms with Crippen molar-refractivity contribution in [2.24, 2.45) is 35.0 Å². The highest BCUT2D eigenvalue weighted by Crippen LogP contribution is 2.41. The van der Waals surface area contributed by atoms with E-state index in [9.17, 15) is 0 Å². The van der Waals surface area contributed by atoms with E-state index in [1.54, 1.807) is 0 Å². The Labute approximate surface area is 179 Å². The number of hydrogen-bond donors (Lipinski definition) is 0. The molecule has 0 bridgehead atoms. The van der Waals surface area contributed by atoms with Crippen LogP contribution >= 0.6 is 0 Å². The summed E-state index contributed by atoms with van der Waals surface area (Å²) in [6.07, 6.45) is 11.8. The summed E-state index contributed by atoms with van der Waals surface area (Å²) in [5.74, 6) is 3.98. The van der Waals surface area contributed by atoms with E-state index in [0.717, 1.165) is 30.3 Å². The van der Waals surface area contributed by atoms with E-state index < -0.39 is 8.32 Å². The molecule has 0 amide bonds. The molecule has 0 aliphatic heterocycles. The van der Waals surface area contributed by atoms with Gasteiger partial charge in [-0.05, 0) is 78.8 Å². The Morgan fingerprint density at radius 2 is 1.64 bits per heavy atom. The smallest absolute Gasteiger partial charge is 0.191 e. The van der Waals surface area contributed by atoms with Crippen LogP contribution < -0.4 is 0 Å². The first-order chi connectivity index (χ1) is 12.7. The van der Waals surface area contributed by atoms with Gasteiger partial charge in [0.1, 0.15) is 0 Å². The van der Waals surface area contributed by atoms with Gasteiger partial charge in [-0.1, -0.05) is 80.9 Å². The summed E-state index contributed by atoms with van der Waals surface area (Å²) >= 11 is 0. The van der Waals surface area contributed by atoms with Crippen molar-refractivity contribution in [1.29, 1.82) is 0 Å². The lowest BCUT2D eigenvalue weighted by Crippen LogP contribution is -2.41. The highest BCUT2D eigenvalue weighted by atomic mass is 28.4. The second-order valence-corrected chi connectivity index (χ2v) is 17.0. The summed E-state index contributed by atoms with van der Waals surface area (Å²) in [6, 6.07) is 0. The highest BCUT2D eigenvalue weighted by molar-refractivity contribution is 6.74. The summed E-state index contributed by atoms with van der Waals surface area (Å²) in [5.41, 5.74) is 0.277. The van der Waals surface area contributed by atoms with Crippen LogP contribution in [-0.4, -0.2) is 14.9 Å². The molecule has 0 N–H and O–H groups in total. The monoisotopic (exact) mass is 408 g/mol. The van der Waals surface area contributed by atoms with Crippen molar-refractivity contribution in [3.63, 3.8) is 0 Å². The van der Waals surface area contributed by atoms with Gasteiger partial charge in [0.05, 0.1) is 0 Å². The molecule has 2 heteroatoms. The molecular weight excluding hydrogens is 356 g/mol. The molecule has 0 aromatic heterocycles. The summed E-state index contributed by atoms with van der Waals surface area (Å²) < 4.78 is 6.44. The van der Waals surface area contributed by atoms with Gasteiger partial charge in [-0.25, -0.2) is 0 Å². The lowest BCUT2D eigenvalue weighted by atomic mass is 9.68. The lowest BCUT2D eigenvalue weighted by Gasteiger charge is -2.38. The minimum atomic E-state index is -1.62. The Bertz CT molecular complexity index is 485. The zero-order chi connectivity index (χ0) is 21.8. The summed E-state index contributed by atoms with van der Waals surface area (Å²) in [4.78, 5) is 0. The van der Waals surface area contributed by atoms with Gasteiger partial charge in [0.15, 0.2) is 8.32 Å². The number of allylic oxidation sites excluding steroid dienone is 2. The molecule has 1 nitrogen and oxygen atoms in total. The Balaban J connectivity index is 2.73. The molecule has 1 rings (SSSR count). The van der Waals surface area contributed by atoms with Crippen LogP contribution in [0.4, 0.5) is 0 Å². The Morgan fingerprint density at radius 3 is 2.14 bits per heavy atom. The summed E-state index contributed by atoms with van der Waals surface area (Å²) in [7, 11) is -1.62. The van der Waals surface area contributed by atoms with E-state index in [1.165, 1.54) is 32.1 Å². The van der Waals surface area contributed by atoms with Gasteiger partial charge in [0, 0.05) is 6.61 Å². The summed E-state index contributed by atoms with van der Waals surface area (Å²) in [6.45, 7) is 27.2. The SMILES string of the molecule is CC(C)[C@H]1CC[C@@H](C)C[C@H]1C=C[C@](C)(CCCO[Si](C)(C)C(C)(C)C)C(C)C. The second-order valence-electron chi connectivity index (χ2n) is 12.2. The first-order valence-corrected chi connectivity index (χ1v) is 14.9. The Morgan fingerprint density at radius 1 is 1.04 bits per heavy atom. The van der Waals surface area contributed by atoms with E-state index in [2.05, 4.69) is 87.6 Å². The van der Waals surface area contributed by atoms with Crippen LogP contribution in [0.2, 0.25) is 18.1 Å². The average molecular weight is 409 g/mol. The average Bonchev–Trinajstić information content (AvgIpc) is 2.55. The van der Waals surface area contributed by atoms with E-state index in [-0.39, 0.29) is 5.41 Å². The van der Waals surface area contributed by atoms with Crippen LogP contribution in [0.3, 0.4) is 0 Å². The predicted octanol–water partition coefficient (Wildman–Crippen LogP) is 8.72. The van der Waals surface area contributed by atoms with Gasteiger partial charge < -0.3 is 4.43 Å². The zero-order valence-corrected chi connectivity index (χ0v) is 22.2. The molecule has 1 aliphatic rings. The number of rotatable bonds is 9. The maximum Gasteiger partial charge on any atom is 0.191 e. The third-order valence-corrected chi connectivity index (χ3v) is 12.8. The third-order valence-electron chi connectivity index (χ3n) is 8.25. The van der Waals surface area contributed by atoms with Crippen LogP contribution in [0.15, 0.2) is 12.2 Å². The van der Waals surface area contributed by atoms with Crippen molar-refractivity contribution in [2.75, 3.05) is 6.61 Å². The molecule has 1 aliphatic carbocycles. The number of hydrogen-bond acceptors (Lipinski definition) is 1. The van der Waals surface area contributed by atoms with Crippen LogP contribution in [0.5, 0.6) is 0 Å². The Hall–Kier alpha value is -0.0831. The van der Waals surface area contributed by atoms with Crippen molar-refractivity contribution >= 4 is 8.32 Å². The predicted molar refractivity (Wildman–Crippen MR) is 129 cm³/mol. The standard InChI is InChI=1S/C26H52OSi/c1-20(2)24-14-13-22(5)19-23(24)15-17-26(9,21(3)4)16-12-18-27-28(10,11)25(6,7)8/h15,17,20-24H,12-14,16,18-19H2,1-11H3/t22-,23-,24-,26+/m1/s1. The molecule has 0 aromatic carbocycles. The fourth-order valence-electron chi connectivity index (χ4n) is 4.40. The van der Waals surface area contributed by atoms with Crippen LogP contribution in [0, 0.1) is 35.0 Å². The first kappa shape index (κ1) is 26.0. The molecule has 0 unspecified atom stereocenters. The maximum atomic E-state index is 6.44. The van der Waals surface area contributed by atoms with Crippen molar-refractivity contribution in [3.8, 4) is 0 Å². The van der Waals surface area contributed by atoms with Gasteiger partial charge >= 0.3 is 0 Å². The molecule has 1 fully saturated rings. The molecule has 0 radical (unpaired) electrons. The van der Waals surface area contributed by atoms with Crippen molar-refractivity contribution in [3.05, 3.63) is 12.2 Å². The quantitative estimate of drug-likeness (QED) is 0.210. The Kier molecular flexibility index (Phi) is 9.54. The minimum Gasteiger partial charge on any atom is -0.417 e. The van der Waals surface area contributed by atoms with Crippen molar-refractivity contribution in [1.82, 2.24) is 0 Å². The van der Waals surface area contributed by atoms with Gasteiger partial charge in [-0.3, -0.25) is 0 Å². The van der Waals surface area contributed by atoms with E-state index in [4.69, 9.17) is 4.43 Å². The largest absolute Gasteiger partial charge is 0.417 e. The molecule has 28 heavy (non-hydrogen) atoms. The molecule has 166 valence electrons. The van der Waals surface area contributed by atoms with Gasteiger partial charge in [0.25, 0.3) is 0 Å².